The molecule has 0 bridgehead atoms. The molecule has 0 aliphatic carbocycles. The molecule has 176 valence electrons. The first-order valence-electron chi connectivity index (χ1n) is 11.3. The van der Waals surface area contributed by atoms with E-state index in [1.54, 1.807) is 0 Å². The molecule has 0 saturated carbocycles. The van der Waals surface area contributed by atoms with Crippen LogP contribution in [0.1, 0.15) is 35.6 Å². The number of morpholine rings is 1. The van der Waals surface area contributed by atoms with Crippen molar-refractivity contribution in [3.05, 3.63) is 71.3 Å². The first-order chi connectivity index (χ1) is 15.2. The quantitative estimate of drug-likeness (QED) is 0.253. The zero-order chi connectivity index (χ0) is 21.9. The second-order valence-electron chi connectivity index (χ2n) is 7.97. The Kier molecular flexibility index (Phi) is 12.0. The Morgan fingerprint density at radius 3 is 2.44 bits per heavy atom. The van der Waals surface area contributed by atoms with Crippen molar-refractivity contribution in [2.45, 2.75) is 25.8 Å². The number of aliphatic hydroxyl groups is 1. The van der Waals surface area contributed by atoms with Crippen molar-refractivity contribution in [3.8, 4) is 0 Å². The van der Waals surface area contributed by atoms with Gasteiger partial charge in [0.05, 0.1) is 32.4 Å². The van der Waals surface area contributed by atoms with E-state index in [4.69, 9.17) is 9.73 Å². The molecule has 1 fully saturated rings. The van der Waals surface area contributed by atoms with E-state index in [-0.39, 0.29) is 42.5 Å². The summed E-state index contributed by atoms with van der Waals surface area (Å²) in [4.78, 5) is 7.26. The average molecular weight is 553 g/mol. The lowest BCUT2D eigenvalue weighted by atomic mass is 10.0. The molecule has 3 N–H and O–H groups in total. The number of guanidine groups is 1. The number of benzene rings is 2. The van der Waals surface area contributed by atoms with Crippen molar-refractivity contribution in [1.29, 1.82) is 0 Å². The molecule has 7 heteroatoms. The Hall–Kier alpha value is -1.68. The summed E-state index contributed by atoms with van der Waals surface area (Å²) < 4.78 is 5.57. The zero-order valence-corrected chi connectivity index (χ0v) is 21.5. The number of aliphatic hydroxyl groups excluding tert-OH is 1. The molecule has 2 aromatic rings. The first-order valence-corrected chi connectivity index (χ1v) is 11.3. The molecular weight excluding hydrogens is 515 g/mol. The Balaban J connectivity index is 0.00000363. The van der Waals surface area contributed by atoms with Gasteiger partial charge in [-0.2, -0.15) is 0 Å². The van der Waals surface area contributed by atoms with Gasteiger partial charge in [-0.1, -0.05) is 60.2 Å². The average Bonchev–Trinajstić information content (AvgIpc) is 2.81. The molecule has 32 heavy (non-hydrogen) atoms. The van der Waals surface area contributed by atoms with Crippen LogP contribution in [0.5, 0.6) is 0 Å². The minimum Gasteiger partial charge on any atom is -0.396 e. The molecule has 1 heterocycles. The summed E-state index contributed by atoms with van der Waals surface area (Å²) in [7, 11) is 0. The van der Waals surface area contributed by atoms with Crippen LogP contribution in [-0.2, 0) is 4.74 Å². The fourth-order valence-corrected chi connectivity index (χ4v) is 3.95. The minimum absolute atomic E-state index is 0. The van der Waals surface area contributed by atoms with Gasteiger partial charge in [0.25, 0.3) is 0 Å². The van der Waals surface area contributed by atoms with Crippen LogP contribution in [0.3, 0.4) is 0 Å². The highest BCUT2D eigenvalue weighted by atomic mass is 127. The molecule has 0 spiro atoms. The molecule has 6 nitrogen and oxygen atoms in total. The molecular formula is C25H37IN4O2. The number of ether oxygens (including phenoxy) is 1. The van der Waals surface area contributed by atoms with Gasteiger partial charge in [0.2, 0.25) is 0 Å². The smallest absolute Gasteiger partial charge is 0.191 e. The molecule has 3 rings (SSSR count). The Morgan fingerprint density at radius 2 is 1.78 bits per heavy atom. The topological polar surface area (TPSA) is 69.1 Å². The van der Waals surface area contributed by atoms with E-state index in [2.05, 4.69) is 53.6 Å². The van der Waals surface area contributed by atoms with Crippen molar-refractivity contribution in [1.82, 2.24) is 15.5 Å². The van der Waals surface area contributed by atoms with Crippen LogP contribution in [-0.4, -0.2) is 68.5 Å². The number of hydrogen-bond donors (Lipinski definition) is 3. The molecule has 0 amide bonds. The largest absolute Gasteiger partial charge is 0.396 e. The minimum atomic E-state index is -0.0107. The third kappa shape index (κ3) is 8.03. The maximum atomic E-state index is 9.86. The third-order valence-corrected chi connectivity index (χ3v) is 5.68. The number of hydrogen-bond acceptors (Lipinski definition) is 4. The van der Waals surface area contributed by atoms with Gasteiger partial charge in [-0.25, -0.2) is 0 Å². The van der Waals surface area contributed by atoms with E-state index in [0.717, 1.165) is 50.9 Å². The highest BCUT2D eigenvalue weighted by Gasteiger charge is 2.23. The Morgan fingerprint density at radius 1 is 1.06 bits per heavy atom. The van der Waals surface area contributed by atoms with Gasteiger partial charge >= 0.3 is 0 Å². The predicted molar refractivity (Wildman–Crippen MR) is 142 cm³/mol. The Labute approximate surface area is 209 Å². The van der Waals surface area contributed by atoms with Crippen LogP contribution in [0, 0.1) is 6.92 Å². The highest BCUT2D eigenvalue weighted by molar-refractivity contribution is 14.0. The number of aliphatic imine (C=N–C) groups is 1. The standard InChI is InChI=1S/C25H36N4O2.HI/c1-3-26-25(27-17-23(19-30)21-9-5-4-6-10-21)28-18-24(29-12-14-31-15-13-29)22-11-7-8-20(2)16-22;/h4-11,16,23-24,30H,3,12-15,17-19H2,1-2H3,(H2,26,27,28);1H. The number of rotatable bonds is 9. The van der Waals surface area contributed by atoms with Gasteiger partial charge in [0.1, 0.15) is 0 Å². The van der Waals surface area contributed by atoms with E-state index in [9.17, 15) is 5.11 Å². The molecule has 0 radical (unpaired) electrons. The van der Waals surface area contributed by atoms with E-state index in [1.807, 2.05) is 30.3 Å². The van der Waals surface area contributed by atoms with Crippen LogP contribution in [0.15, 0.2) is 59.6 Å². The fraction of sp³-hybridized carbons (Fsp3) is 0.480. The van der Waals surface area contributed by atoms with Crippen molar-refractivity contribution in [2.75, 3.05) is 52.5 Å². The normalized spacial score (nSPS) is 16.7. The molecule has 1 aliphatic heterocycles. The second kappa shape index (κ2) is 14.5. The van der Waals surface area contributed by atoms with E-state index < -0.39 is 0 Å². The summed E-state index contributed by atoms with van der Waals surface area (Å²) in [6.07, 6.45) is 0. The van der Waals surface area contributed by atoms with Gasteiger partial charge in [-0.3, -0.25) is 9.89 Å². The Bertz CT molecular complexity index is 813. The molecule has 2 unspecified atom stereocenters. The number of nitrogens with zero attached hydrogens (tertiary/aromatic N) is 2. The molecule has 2 atom stereocenters. The molecule has 1 saturated heterocycles. The number of halogens is 1. The molecule has 2 aromatic carbocycles. The van der Waals surface area contributed by atoms with E-state index in [1.165, 1.54) is 11.1 Å². The van der Waals surface area contributed by atoms with Crippen molar-refractivity contribution >= 4 is 29.9 Å². The van der Waals surface area contributed by atoms with Crippen LogP contribution in [0.4, 0.5) is 0 Å². The summed E-state index contributed by atoms with van der Waals surface area (Å²) in [6.45, 7) is 9.74. The van der Waals surface area contributed by atoms with Gasteiger partial charge in [-0.15, -0.1) is 24.0 Å². The monoisotopic (exact) mass is 552 g/mol. The summed E-state index contributed by atoms with van der Waals surface area (Å²) in [5, 5.41) is 16.7. The lowest BCUT2D eigenvalue weighted by Gasteiger charge is -2.35. The van der Waals surface area contributed by atoms with Crippen LogP contribution >= 0.6 is 24.0 Å². The van der Waals surface area contributed by atoms with Crippen molar-refractivity contribution < 1.29 is 9.84 Å². The summed E-state index contributed by atoms with van der Waals surface area (Å²) in [6, 6.07) is 19.1. The SMILES string of the molecule is CCNC(=NCC(CO)c1ccccc1)NCC(c1cccc(C)c1)N1CCOCC1.I. The maximum Gasteiger partial charge on any atom is 0.191 e. The first kappa shape index (κ1) is 26.6. The number of nitrogens with one attached hydrogen (secondary N) is 2. The van der Waals surface area contributed by atoms with E-state index in [0.29, 0.717) is 6.54 Å². The zero-order valence-electron chi connectivity index (χ0n) is 19.2. The third-order valence-electron chi connectivity index (χ3n) is 5.68. The summed E-state index contributed by atoms with van der Waals surface area (Å²) in [5.41, 5.74) is 3.68. The molecule has 0 aromatic heterocycles. The lowest BCUT2D eigenvalue weighted by Crippen LogP contribution is -2.46. The van der Waals surface area contributed by atoms with Gasteiger partial charge in [0.15, 0.2) is 5.96 Å². The van der Waals surface area contributed by atoms with Crippen molar-refractivity contribution in [3.63, 3.8) is 0 Å². The number of aryl methyl sites for hydroxylation is 1. The van der Waals surface area contributed by atoms with E-state index >= 15 is 0 Å². The van der Waals surface area contributed by atoms with Crippen molar-refractivity contribution in [2.24, 2.45) is 4.99 Å². The van der Waals surface area contributed by atoms with Gasteiger partial charge < -0.3 is 20.5 Å². The van der Waals surface area contributed by atoms with Gasteiger partial charge in [-0.05, 0) is 25.0 Å². The fourth-order valence-electron chi connectivity index (χ4n) is 3.95. The second-order valence-corrected chi connectivity index (χ2v) is 7.97. The highest BCUT2D eigenvalue weighted by Crippen LogP contribution is 2.22. The molecule has 1 aliphatic rings. The van der Waals surface area contributed by atoms with Gasteiger partial charge in [0, 0.05) is 32.1 Å². The summed E-state index contributed by atoms with van der Waals surface area (Å²) >= 11 is 0. The van der Waals surface area contributed by atoms with Crippen LogP contribution in [0.25, 0.3) is 0 Å². The van der Waals surface area contributed by atoms with Crippen LogP contribution in [0.2, 0.25) is 0 Å². The lowest BCUT2D eigenvalue weighted by molar-refractivity contribution is 0.0170. The summed E-state index contributed by atoms with van der Waals surface area (Å²) in [5.74, 6) is 0.770. The maximum absolute atomic E-state index is 9.86. The predicted octanol–water partition coefficient (Wildman–Crippen LogP) is 3.32. The van der Waals surface area contributed by atoms with Crippen LogP contribution < -0.4 is 10.6 Å².